The standard InChI is InChI=1S/C28H56O5Si/c1-5-9-12-15-18-21-25-30-34(33-28(29)24-8-4,31-26-22-19-16-13-10-6-2)32-27-23-20-17-14-11-7-3/h8,24H,5-7,9-23,25-27H2,1-4H3. The number of carbonyl (C=O) groups is 1. The molecule has 0 bridgehead atoms. The molecule has 0 spiro atoms. The van der Waals surface area contributed by atoms with Crippen molar-refractivity contribution < 1.29 is 22.5 Å². The number of unbranched alkanes of at least 4 members (excludes halogenated alkanes) is 15. The van der Waals surface area contributed by atoms with Crippen molar-refractivity contribution in [2.45, 2.75) is 143 Å². The zero-order valence-corrected chi connectivity index (χ0v) is 24.0. The molecule has 0 radical (unpaired) electrons. The molecule has 202 valence electrons. The lowest BCUT2D eigenvalue weighted by Gasteiger charge is -2.27. The molecule has 0 aliphatic heterocycles. The predicted octanol–water partition coefficient (Wildman–Crippen LogP) is 8.67. The Bertz CT molecular complexity index is 424. The quantitative estimate of drug-likeness (QED) is 0.0675. The average Bonchev–Trinajstić information content (AvgIpc) is 2.82. The number of rotatable bonds is 26. The molecule has 0 saturated heterocycles. The first kappa shape index (κ1) is 33.3. The van der Waals surface area contributed by atoms with Crippen LogP contribution in [0.4, 0.5) is 0 Å². The van der Waals surface area contributed by atoms with Gasteiger partial charge in [0.15, 0.2) is 0 Å². The van der Waals surface area contributed by atoms with E-state index in [-0.39, 0.29) is 0 Å². The minimum absolute atomic E-state index is 0.442. The molecule has 0 heterocycles. The largest absolute Gasteiger partial charge is 0.751 e. The van der Waals surface area contributed by atoms with E-state index >= 15 is 0 Å². The molecule has 0 unspecified atom stereocenters. The Morgan fingerprint density at radius 2 is 0.882 bits per heavy atom. The summed E-state index contributed by atoms with van der Waals surface area (Å²) in [6.45, 7) is 10.0. The second-order valence-corrected chi connectivity index (χ2v) is 11.3. The van der Waals surface area contributed by atoms with E-state index in [4.69, 9.17) is 17.7 Å². The summed E-state index contributed by atoms with van der Waals surface area (Å²) in [5.74, 6) is -0.442. The zero-order chi connectivity index (χ0) is 25.2. The third-order valence-electron chi connectivity index (χ3n) is 5.86. The molecular formula is C28H56O5Si. The van der Waals surface area contributed by atoms with Gasteiger partial charge in [0.25, 0.3) is 0 Å². The van der Waals surface area contributed by atoms with Crippen LogP contribution in [0.5, 0.6) is 0 Å². The van der Waals surface area contributed by atoms with Crippen molar-refractivity contribution in [1.29, 1.82) is 0 Å². The SMILES string of the molecule is CC=CC(=O)O[Si](OCCCCCCCC)(OCCCCCCCC)OCCCCCCCC. The summed E-state index contributed by atoms with van der Waals surface area (Å²) < 4.78 is 24.2. The van der Waals surface area contributed by atoms with Gasteiger partial charge in [-0.1, -0.05) is 123 Å². The summed E-state index contributed by atoms with van der Waals surface area (Å²) in [5.41, 5.74) is 0. The number of hydrogen-bond donors (Lipinski definition) is 0. The van der Waals surface area contributed by atoms with Gasteiger partial charge in [0.05, 0.1) is 0 Å². The number of hydrogen-bond acceptors (Lipinski definition) is 5. The first-order valence-electron chi connectivity index (χ1n) is 14.4. The van der Waals surface area contributed by atoms with Crippen LogP contribution in [-0.2, 0) is 22.5 Å². The maximum atomic E-state index is 12.4. The van der Waals surface area contributed by atoms with E-state index in [0.717, 1.165) is 38.5 Å². The van der Waals surface area contributed by atoms with Crippen molar-refractivity contribution in [3.63, 3.8) is 0 Å². The molecule has 0 rings (SSSR count). The Morgan fingerprint density at radius 3 is 1.21 bits per heavy atom. The highest BCUT2D eigenvalue weighted by molar-refractivity contribution is 6.55. The van der Waals surface area contributed by atoms with Gasteiger partial charge in [0, 0.05) is 25.9 Å². The average molecular weight is 501 g/mol. The second-order valence-electron chi connectivity index (χ2n) is 9.27. The van der Waals surface area contributed by atoms with Crippen LogP contribution >= 0.6 is 0 Å². The van der Waals surface area contributed by atoms with Crippen LogP contribution in [0.2, 0.25) is 0 Å². The van der Waals surface area contributed by atoms with E-state index in [9.17, 15) is 4.79 Å². The Labute approximate surface area is 212 Å². The van der Waals surface area contributed by atoms with Crippen molar-refractivity contribution in [2.24, 2.45) is 0 Å². The van der Waals surface area contributed by atoms with Gasteiger partial charge in [0.1, 0.15) is 0 Å². The lowest BCUT2D eigenvalue weighted by molar-refractivity contribution is -0.139. The predicted molar refractivity (Wildman–Crippen MR) is 145 cm³/mol. The first-order valence-corrected chi connectivity index (χ1v) is 16.0. The van der Waals surface area contributed by atoms with Gasteiger partial charge in [-0.3, -0.25) is 0 Å². The van der Waals surface area contributed by atoms with E-state index in [1.54, 1.807) is 13.0 Å². The Balaban J connectivity index is 4.84. The van der Waals surface area contributed by atoms with Gasteiger partial charge in [-0.25, -0.2) is 4.79 Å². The zero-order valence-electron chi connectivity index (χ0n) is 23.0. The normalized spacial score (nSPS) is 12.0. The number of allylic oxidation sites excluding steroid dienone is 1. The highest BCUT2D eigenvalue weighted by atomic mass is 28.4. The minimum atomic E-state index is -3.52. The molecule has 5 nitrogen and oxygen atoms in total. The first-order chi connectivity index (χ1) is 16.6. The fraction of sp³-hybridized carbons (Fsp3) is 0.893. The fourth-order valence-corrected chi connectivity index (χ4v) is 5.67. The Hall–Kier alpha value is -0.693. The van der Waals surface area contributed by atoms with Gasteiger partial charge >= 0.3 is 15.0 Å². The fourth-order valence-electron chi connectivity index (χ4n) is 3.75. The summed E-state index contributed by atoms with van der Waals surface area (Å²) in [4.78, 5) is 12.4. The highest BCUT2D eigenvalue weighted by Crippen LogP contribution is 2.18. The smallest absolute Gasteiger partial charge is 0.449 e. The van der Waals surface area contributed by atoms with E-state index < -0.39 is 15.0 Å². The maximum Gasteiger partial charge on any atom is 0.751 e. The molecule has 0 amide bonds. The third-order valence-corrected chi connectivity index (χ3v) is 7.98. The lowest BCUT2D eigenvalue weighted by Crippen LogP contribution is -2.51. The maximum absolute atomic E-state index is 12.4. The van der Waals surface area contributed by atoms with Crippen molar-refractivity contribution in [1.82, 2.24) is 0 Å². The minimum Gasteiger partial charge on any atom is -0.449 e. The van der Waals surface area contributed by atoms with Crippen LogP contribution in [0.15, 0.2) is 12.2 Å². The van der Waals surface area contributed by atoms with Crippen LogP contribution in [0.25, 0.3) is 0 Å². The van der Waals surface area contributed by atoms with Gasteiger partial charge in [0.2, 0.25) is 0 Å². The molecule has 34 heavy (non-hydrogen) atoms. The third kappa shape index (κ3) is 20.7. The molecule has 0 atom stereocenters. The van der Waals surface area contributed by atoms with Gasteiger partial charge < -0.3 is 17.7 Å². The van der Waals surface area contributed by atoms with Crippen molar-refractivity contribution in [3.8, 4) is 0 Å². The lowest BCUT2D eigenvalue weighted by atomic mass is 10.1. The van der Waals surface area contributed by atoms with Crippen molar-refractivity contribution in [2.75, 3.05) is 19.8 Å². The van der Waals surface area contributed by atoms with Crippen molar-refractivity contribution >= 4 is 15.0 Å². The summed E-state index contributed by atoms with van der Waals surface area (Å²) in [5, 5.41) is 0. The molecule has 0 aromatic carbocycles. The summed E-state index contributed by atoms with van der Waals surface area (Å²) in [7, 11) is -3.52. The van der Waals surface area contributed by atoms with Crippen LogP contribution in [0, 0.1) is 0 Å². The summed E-state index contributed by atoms with van der Waals surface area (Å²) in [6, 6.07) is 0. The molecule has 0 fully saturated rings. The molecule has 0 aliphatic rings. The highest BCUT2D eigenvalue weighted by Gasteiger charge is 2.49. The molecule has 0 saturated carbocycles. The van der Waals surface area contributed by atoms with Crippen LogP contribution < -0.4 is 0 Å². The van der Waals surface area contributed by atoms with Crippen LogP contribution in [0.3, 0.4) is 0 Å². The Morgan fingerprint density at radius 1 is 0.559 bits per heavy atom. The monoisotopic (exact) mass is 500 g/mol. The second kappa shape index (κ2) is 25.4. The van der Waals surface area contributed by atoms with Crippen LogP contribution in [-0.4, -0.2) is 34.8 Å². The molecule has 0 aromatic rings. The molecule has 0 N–H and O–H groups in total. The molecule has 0 aromatic heterocycles. The summed E-state index contributed by atoms with van der Waals surface area (Å²) in [6.07, 6.45) is 24.2. The van der Waals surface area contributed by atoms with Crippen LogP contribution in [0.1, 0.15) is 143 Å². The van der Waals surface area contributed by atoms with E-state index in [1.807, 2.05) is 0 Å². The van der Waals surface area contributed by atoms with E-state index in [2.05, 4.69) is 20.8 Å². The van der Waals surface area contributed by atoms with Gasteiger partial charge in [-0.15, -0.1) is 0 Å². The molecule has 0 aliphatic carbocycles. The molecule has 6 heteroatoms. The topological polar surface area (TPSA) is 54.0 Å². The van der Waals surface area contributed by atoms with E-state index in [0.29, 0.717) is 19.8 Å². The van der Waals surface area contributed by atoms with Gasteiger partial charge in [-0.2, -0.15) is 0 Å². The van der Waals surface area contributed by atoms with Crippen molar-refractivity contribution in [3.05, 3.63) is 12.2 Å². The number of carbonyl (C=O) groups excluding carboxylic acids is 1. The summed E-state index contributed by atoms with van der Waals surface area (Å²) >= 11 is 0. The van der Waals surface area contributed by atoms with Gasteiger partial charge in [-0.05, 0) is 26.2 Å². The molecular weight excluding hydrogens is 444 g/mol. The van der Waals surface area contributed by atoms with E-state index in [1.165, 1.54) is 83.1 Å². The Kier molecular flexibility index (Phi) is 24.9.